The van der Waals surface area contributed by atoms with E-state index in [0.717, 1.165) is 10.4 Å². The van der Waals surface area contributed by atoms with E-state index in [0.29, 0.717) is 23.1 Å². The summed E-state index contributed by atoms with van der Waals surface area (Å²) in [5.74, 6) is -0.168. The Labute approximate surface area is 141 Å². The molecule has 3 heterocycles. The summed E-state index contributed by atoms with van der Waals surface area (Å²) in [6.07, 6.45) is 1.60. The van der Waals surface area contributed by atoms with Gasteiger partial charge in [0.1, 0.15) is 5.52 Å². The van der Waals surface area contributed by atoms with E-state index in [1.807, 2.05) is 23.6 Å². The lowest BCUT2D eigenvalue weighted by Crippen LogP contribution is -2.23. The van der Waals surface area contributed by atoms with Crippen molar-refractivity contribution >= 4 is 33.8 Å². The van der Waals surface area contributed by atoms with Crippen molar-refractivity contribution in [1.29, 1.82) is 0 Å². The quantitative estimate of drug-likeness (QED) is 0.622. The highest BCUT2D eigenvalue weighted by molar-refractivity contribution is 7.09. The minimum Gasteiger partial charge on any atom is -0.347 e. The fraction of sp³-hybridized carbons (Fsp3) is 0.118. The first-order chi connectivity index (χ1) is 11.6. The minimum absolute atomic E-state index is 0.142. The Bertz CT molecular complexity index is 1110. The number of carbonyl (C=O) groups excluding carboxylic acids is 1. The van der Waals surface area contributed by atoms with Gasteiger partial charge in [-0.2, -0.15) is 5.10 Å². The van der Waals surface area contributed by atoms with Gasteiger partial charge in [-0.25, -0.2) is 4.52 Å². The first kappa shape index (κ1) is 14.6. The molecule has 0 aliphatic carbocycles. The van der Waals surface area contributed by atoms with E-state index in [-0.39, 0.29) is 11.5 Å². The molecule has 0 aliphatic rings. The number of nitrogens with one attached hydrogen (secondary N) is 1. The molecular weight excluding hydrogens is 324 g/mol. The van der Waals surface area contributed by atoms with Gasteiger partial charge >= 0.3 is 0 Å². The lowest BCUT2D eigenvalue weighted by Gasteiger charge is -2.09. The highest BCUT2D eigenvalue weighted by Crippen LogP contribution is 2.16. The highest BCUT2D eigenvalue weighted by Gasteiger charge is 2.12. The molecule has 0 spiro atoms. The second-order valence-corrected chi connectivity index (χ2v) is 6.49. The van der Waals surface area contributed by atoms with Crippen molar-refractivity contribution in [1.82, 2.24) is 19.5 Å². The third kappa shape index (κ3) is 2.30. The first-order valence-electron chi connectivity index (χ1n) is 7.42. The van der Waals surface area contributed by atoms with Crippen LogP contribution in [0.4, 0.5) is 0 Å². The number of hydrogen-bond acceptors (Lipinski definition) is 4. The standard InChI is InChI=1S/C17H14N4O2S/c1-20-15-9-11(16(22)18-10-12-3-2-8-24-12)4-5-13(15)21-14(17(20)23)6-7-19-21/h2-9H,10H2,1H3,(H,18,22). The van der Waals surface area contributed by atoms with Gasteiger partial charge in [0.05, 0.1) is 23.8 Å². The molecule has 0 saturated carbocycles. The molecule has 7 heteroatoms. The molecule has 0 fully saturated rings. The van der Waals surface area contributed by atoms with Crippen LogP contribution in [0.3, 0.4) is 0 Å². The zero-order valence-electron chi connectivity index (χ0n) is 12.9. The second-order valence-electron chi connectivity index (χ2n) is 5.46. The minimum atomic E-state index is -0.168. The van der Waals surface area contributed by atoms with Crippen LogP contribution >= 0.6 is 11.3 Å². The summed E-state index contributed by atoms with van der Waals surface area (Å²) in [4.78, 5) is 25.8. The van der Waals surface area contributed by atoms with E-state index in [1.54, 1.807) is 51.9 Å². The number of nitrogens with zero attached hydrogens (tertiary/aromatic N) is 3. The average molecular weight is 338 g/mol. The Morgan fingerprint density at radius 3 is 2.88 bits per heavy atom. The van der Waals surface area contributed by atoms with Gasteiger partial charge < -0.3 is 9.88 Å². The van der Waals surface area contributed by atoms with E-state index >= 15 is 0 Å². The van der Waals surface area contributed by atoms with Gasteiger partial charge in [0, 0.05) is 17.5 Å². The third-order valence-electron chi connectivity index (χ3n) is 4.00. The Morgan fingerprint density at radius 1 is 1.21 bits per heavy atom. The average Bonchev–Trinajstić information content (AvgIpc) is 3.28. The van der Waals surface area contributed by atoms with Gasteiger partial charge in [-0.05, 0) is 35.7 Å². The zero-order chi connectivity index (χ0) is 16.7. The largest absolute Gasteiger partial charge is 0.347 e. The molecule has 0 radical (unpaired) electrons. The van der Waals surface area contributed by atoms with E-state index in [9.17, 15) is 9.59 Å². The van der Waals surface area contributed by atoms with Gasteiger partial charge in [-0.3, -0.25) is 9.59 Å². The molecule has 3 aromatic heterocycles. The number of hydrogen-bond donors (Lipinski definition) is 1. The van der Waals surface area contributed by atoms with Crippen molar-refractivity contribution in [3.8, 4) is 0 Å². The molecule has 0 atom stereocenters. The van der Waals surface area contributed by atoms with Gasteiger partial charge in [0.25, 0.3) is 11.5 Å². The second kappa shape index (κ2) is 5.61. The third-order valence-corrected chi connectivity index (χ3v) is 4.87. The Hall–Kier alpha value is -2.93. The normalized spacial score (nSPS) is 11.2. The number of amides is 1. The van der Waals surface area contributed by atoms with Crippen LogP contribution in [-0.2, 0) is 13.6 Å². The van der Waals surface area contributed by atoms with Crippen LogP contribution in [-0.4, -0.2) is 20.1 Å². The maximum absolute atomic E-state index is 12.4. The first-order valence-corrected chi connectivity index (χ1v) is 8.30. The number of rotatable bonds is 3. The maximum Gasteiger partial charge on any atom is 0.276 e. The number of thiophene rings is 1. The summed E-state index contributed by atoms with van der Waals surface area (Å²) in [6, 6.07) is 10.9. The summed E-state index contributed by atoms with van der Waals surface area (Å²) in [5, 5.41) is 9.07. The monoisotopic (exact) mass is 338 g/mol. The summed E-state index contributed by atoms with van der Waals surface area (Å²) in [7, 11) is 1.70. The van der Waals surface area contributed by atoms with Gasteiger partial charge in [0.15, 0.2) is 0 Å². The van der Waals surface area contributed by atoms with Crippen LogP contribution in [0.25, 0.3) is 16.6 Å². The van der Waals surface area contributed by atoms with Crippen LogP contribution in [0.1, 0.15) is 15.2 Å². The van der Waals surface area contributed by atoms with Crippen molar-refractivity contribution in [3.05, 3.63) is 68.8 Å². The molecular formula is C17H14N4O2S. The van der Waals surface area contributed by atoms with Crippen LogP contribution in [0.2, 0.25) is 0 Å². The number of carbonyl (C=O) groups is 1. The van der Waals surface area contributed by atoms with E-state index in [2.05, 4.69) is 10.4 Å². The molecule has 24 heavy (non-hydrogen) atoms. The molecule has 1 N–H and O–H groups in total. The lowest BCUT2D eigenvalue weighted by molar-refractivity contribution is 0.0951. The maximum atomic E-state index is 12.4. The highest BCUT2D eigenvalue weighted by atomic mass is 32.1. The van der Waals surface area contributed by atoms with Crippen molar-refractivity contribution in [3.63, 3.8) is 0 Å². The molecule has 0 unspecified atom stereocenters. The molecule has 120 valence electrons. The Morgan fingerprint density at radius 2 is 2.08 bits per heavy atom. The van der Waals surface area contributed by atoms with E-state index < -0.39 is 0 Å². The lowest BCUT2D eigenvalue weighted by atomic mass is 10.1. The zero-order valence-corrected chi connectivity index (χ0v) is 13.7. The molecule has 0 bridgehead atoms. The Kier molecular flexibility index (Phi) is 3.42. The van der Waals surface area contributed by atoms with Crippen molar-refractivity contribution in [2.24, 2.45) is 7.05 Å². The van der Waals surface area contributed by atoms with Crippen LogP contribution in [0.5, 0.6) is 0 Å². The summed E-state index contributed by atoms with van der Waals surface area (Å²) >= 11 is 1.60. The van der Waals surface area contributed by atoms with Gasteiger partial charge in [0.2, 0.25) is 0 Å². The predicted molar refractivity (Wildman–Crippen MR) is 93.4 cm³/mol. The van der Waals surface area contributed by atoms with E-state index in [1.165, 1.54) is 0 Å². The summed E-state index contributed by atoms with van der Waals surface area (Å²) in [5.41, 5.74) is 2.34. The van der Waals surface area contributed by atoms with Crippen LogP contribution in [0, 0.1) is 0 Å². The Balaban J connectivity index is 1.75. The smallest absolute Gasteiger partial charge is 0.276 e. The molecule has 0 saturated heterocycles. The predicted octanol–water partition coefficient (Wildman–Crippen LogP) is 2.18. The molecule has 6 nitrogen and oxygen atoms in total. The van der Waals surface area contributed by atoms with Gasteiger partial charge in [-0.15, -0.1) is 11.3 Å². The van der Waals surface area contributed by atoms with Gasteiger partial charge in [-0.1, -0.05) is 6.07 Å². The SMILES string of the molecule is Cn1c(=O)c2ccnn2c2ccc(C(=O)NCc3cccs3)cc21. The summed E-state index contributed by atoms with van der Waals surface area (Å²) < 4.78 is 3.15. The van der Waals surface area contributed by atoms with Crippen LogP contribution in [0.15, 0.2) is 52.8 Å². The molecule has 4 rings (SSSR count). The number of aromatic nitrogens is 3. The molecule has 4 aromatic rings. The van der Waals surface area contributed by atoms with Crippen molar-refractivity contribution < 1.29 is 4.79 Å². The number of aryl methyl sites for hydroxylation is 1. The van der Waals surface area contributed by atoms with Crippen LogP contribution < -0.4 is 10.9 Å². The van der Waals surface area contributed by atoms with Crippen molar-refractivity contribution in [2.75, 3.05) is 0 Å². The molecule has 1 amide bonds. The molecule has 0 aliphatic heterocycles. The number of benzene rings is 1. The van der Waals surface area contributed by atoms with Crippen molar-refractivity contribution in [2.45, 2.75) is 6.54 Å². The fourth-order valence-electron chi connectivity index (χ4n) is 2.73. The van der Waals surface area contributed by atoms with E-state index in [4.69, 9.17) is 0 Å². The topological polar surface area (TPSA) is 68.4 Å². The summed E-state index contributed by atoms with van der Waals surface area (Å²) in [6.45, 7) is 0.492. The molecule has 1 aromatic carbocycles. The fourth-order valence-corrected chi connectivity index (χ4v) is 3.38. The number of fused-ring (bicyclic) bond motifs is 3.